The molecular formula is C27H33ClF2N8O3. The lowest BCUT2D eigenvalue weighted by molar-refractivity contribution is -0.121. The lowest BCUT2D eigenvalue weighted by atomic mass is 9.87. The maximum Gasteiger partial charge on any atom is 0.316 e. The fourth-order valence-electron chi connectivity index (χ4n) is 5.45. The molecule has 1 unspecified atom stereocenters. The molecule has 3 aromatic rings. The maximum atomic E-state index is 14.4. The summed E-state index contributed by atoms with van der Waals surface area (Å²) in [5.74, 6) is -4.19. The molecule has 14 heteroatoms. The third-order valence-electron chi connectivity index (χ3n) is 7.93. The molecule has 2 saturated heterocycles. The Morgan fingerprint density at radius 1 is 1.17 bits per heavy atom. The van der Waals surface area contributed by atoms with Crippen molar-refractivity contribution >= 4 is 46.0 Å². The molecule has 11 nitrogen and oxygen atoms in total. The Bertz CT molecular complexity index is 1570. The molecule has 2 aliphatic heterocycles. The van der Waals surface area contributed by atoms with Crippen LogP contribution in [0.25, 0.3) is 11.0 Å². The van der Waals surface area contributed by atoms with Gasteiger partial charge in [0.05, 0.1) is 17.2 Å². The summed E-state index contributed by atoms with van der Waals surface area (Å²) in [4.78, 5) is 48.6. The number of aryl methyl sites for hydroxylation is 2. The molecule has 220 valence electrons. The van der Waals surface area contributed by atoms with Crippen molar-refractivity contribution in [2.75, 3.05) is 36.4 Å². The predicted molar refractivity (Wildman–Crippen MR) is 153 cm³/mol. The van der Waals surface area contributed by atoms with Gasteiger partial charge in [0, 0.05) is 63.2 Å². The van der Waals surface area contributed by atoms with Gasteiger partial charge in [-0.15, -0.1) is 0 Å². The van der Waals surface area contributed by atoms with E-state index in [1.54, 1.807) is 23.1 Å². The SMILES string of the molecule is C[C@@H]1CN(c2ncc(Cl)c(Nc3ccc4c(c3)n(CCC(=O)NC3CCNC3)c(=O)c(=O)n4C)n2)C[C@H](C)C1(F)F. The first-order chi connectivity index (χ1) is 19.5. The average Bonchev–Trinajstić information content (AvgIpc) is 3.44. The number of carbonyl (C=O) groups is 1. The smallest absolute Gasteiger partial charge is 0.316 e. The van der Waals surface area contributed by atoms with Crippen molar-refractivity contribution in [3.63, 3.8) is 0 Å². The van der Waals surface area contributed by atoms with E-state index in [1.807, 2.05) is 0 Å². The van der Waals surface area contributed by atoms with Gasteiger partial charge in [-0.05, 0) is 31.2 Å². The van der Waals surface area contributed by atoms with E-state index >= 15 is 0 Å². The fraction of sp³-hybridized carbons (Fsp3) is 0.519. The fourth-order valence-corrected chi connectivity index (χ4v) is 5.59. The highest BCUT2D eigenvalue weighted by molar-refractivity contribution is 6.32. The van der Waals surface area contributed by atoms with Crippen molar-refractivity contribution in [2.24, 2.45) is 18.9 Å². The molecule has 3 atom stereocenters. The van der Waals surface area contributed by atoms with E-state index in [9.17, 15) is 23.2 Å². The van der Waals surface area contributed by atoms with Crippen LogP contribution in [0.2, 0.25) is 5.02 Å². The van der Waals surface area contributed by atoms with Crippen LogP contribution in [0.4, 0.5) is 26.2 Å². The molecule has 2 aliphatic rings. The van der Waals surface area contributed by atoms with Gasteiger partial charge in [0.2, 0.25) is 11.9 Å². The van der Waals surface area contributed by atoms with Crippen LogP contribution < -0.4 is 32.0 Å². The number of fused-ring (bicyclic) bond motifs is 1. The Morgan fingerprint density at radius 2 is 1.90 bits per heavy atom. The second-order valence-corrected chi connectivity index (χ2v) is 11.3. The topological polar surface area (TPSA) is 126 Å². The number of carbonyl (C=O) groups excluding carboxylic acids is 1. The minimum absolute atomic E-state index is 0.0230. The molecule has 1 amide bonds. The number of amides is 1. The van der Waals surface area contributed by atoms with Crippen LogP contribution in [0.3, 0.4) is 0 Å². The number of hydrogen-bond donors (Lipinski definition) is 3. The van der Waals surface area contributed by atoms with Crippen LogP contribution in [0.5, 0.6) is 0 Å². The standard InChI is InChI=1S/C27H33ClF2N8O3/c1-15-13-37(14-16(2)27(15,29)30)26-32-12-19(28)23(35-26)34-17-4-5-20-21(10-17)38(25(41)24(40)36(20)3)9-7-22(39)33-18-6-8-31-11-18/h4-5,10,12,15-16,18,31H,6-9,11,13-14H2,1-3H3,(H,33,39)(H,32,34,35)/t15-,16+,18?. The van der Waals surface area contributed by atoms with E-state index < -0.39 is 28.9 Å². The lowest BCUT2D eigenvalue weighted by Crippen LogP contribution is -2.52. The van der Waals surface area contributed by atoms with Gasteiger partial charge in [-0.1, -0.05) is 25.4 Å². The molecule has 5 rings (SSSR count). The van der Waals surface area contributed by atoms with E-state index in [0.717, 1.165) is 13.0 Å². The predicted octanol–water partition coefficient (Wildman–Crippen LogP) is 2.48. The summed E-state index contributed by atoms with van der Waals surface area (Å²) in [6.07, 6.45) is 2.28. The number of hydrogen-bond acceptors (Lipinski definition) is 8. The molecule has 0 saturated carbocycles. The molecule has 0 aliphatic carbocycles. The third-order valence-corrected chi connectivity index (χ3v) is 8.20. The van der Waals surface area contributed by atoms with E-state index in [4.69, 9.17) is 11.6 Å². The quantitative estimate of drug-likeness (QED) is 0.358. The van der Waals surface area contributed by atoms with E-state index in [2.05, 4.69) is 25.9 Å². The van der Waals surface area contributed by atoms with Gasteiger partial charge in [0.25, 0.3) is 5.92 Å². The van der Waals surface area contributed by atoms with Gasteiger partial charge in [-0.2, -0.15) is 4.98 Å². The first kappa shape index (κ1) is 28.9. The number of benzene rings is 1. The number of piperidine rings is 1. The minimum atomic E-state index is -2.78. The van der Waals surface area contributed by atoms with E-state index in [1.165, 1.54) is 36.2 Å². The summed E-state index contributed by atoms with van der Waals surface area (Å²) < 4.78 is 31.3. The highest BCUT2D eigenvalue weighted by Gasteiger charge is 2.47. The highest BCUT2D eigenvalue weighted by Crippen LogP contribution is 2.39. The van der Waals surface area contributed by atoms with Crippen molar-refractivity contribution in [3.05, 3.63) is 50.1 Å². The van der Waals surface area contributed by atoms with Crippen molar-refractivity contribution in [3.8, 4) is 0 Å². The van der Waals surface area contributed by atoms with Gasteiger partial charge in [-0.25, -0.2) is 13.8 Å². The Kier molecular flexibility index (Phi) is 8.02. The summed E-state index contributed by atoms with van der Waals surface area (Å²) in [5.41, 5.74) is 0.0397. The van der Waals surface area contributed by atoms with Crippen molar-refractivity contribution in [1.29, 1.82) is 0 Å². The Hall–Kier alpha value is -3.58. The van der Waals surface area contributed by atoms with Crippen molar-refractivity contribution in [2.45, 2.75) is 45.2 Å². The van der Waals surface area contributed by atoms with Crippen molar-refractivity contribution < 1.29 is 13.6 Å². The third kappa shape index (κ3) is 5.78. The zero-order valence-corrected chi connectivity index (χ0v) is 23.8. The van der Waals surface area contributed by atoms with E-state index in [0.29, 0.717) is 23.3 Å². The molecular weight excluding hydrogens is 558 g/mol. The largest absolute Gasteiger partial charge is 0.352 e. The summed E-state index contributed by atoms with van der Waals surface area (Å²) >= 11 is 6.39. The normalized spacial score (nSPS) is 22.2. The second kappa shape index (κ2) is 11.4. The average molecular weight is 591 g/mol. The van der Waals surface area contributed by atoms with Crippen LogP contribution in [-0.4, -0.2) is 63.2 Å². The monoisotopic (exact) mass is 590 g/mol. The molecule has 0 spiro atoms. The van der Waals surface area contributed by atoms with E-state index in [-0.39, 0.29) is 54.8 Å². The Morgan fingerprint density at radius 3 is 2.59 bits per heavy atom. The molecule has 41 heavy (non-hydrogen) atoms. The number of nitrogens with zero attached hydrogens (tertiary/aromatic N) is 5. The van der Waals surface area contributed by atoms with Crippen LogP contribution >= 0.6 is 11.6 Å². The molecule has 2 fully saturated rings. The van der Waals surface area contributed by atoms with Gasteiger partial charge < -0.3 is 30.0 Å². The Labute approximate surface area is 239 Å². The van der Waals surface area contributed by atoms with Gasteiger partial charge >= 0.3 is 11.1 Å². The van der Waals surface area contributed by atoms with Gasteiger partial charge in [0.15, 0.2) is 5.82 Å². The highest BCUT2D eigenvalue weighted by atomic mass is 35.5. The van der Waals surface area contributed by atoms with Crippen molar-refractivity contribution in [1.82, 2.24) is 29.7 Å². The summed E-state index contributed by atoms with van der Waals surface area (Å²) in [7, 11) is 1.51. The van der Waals surface area contributed by atoms with Gasteiger partial charge in [-0.3, -0.25) is 14.4 Å². The number of anilines is 3. The Balaban J connectivity index is 1.42. The number of alkyl halides is 2. The van der Waals surface area contributed by atoms with Crippen LogP contribution in [0, 0.1) is 11.8 Å². The zero-order valence-electron chi connectivity index (χ0n) is 23.1. The molecule has 3 N–H and O–H groups in total. The molecule has 1 aromatic carbocycles. The summed E-state index contributed by atoms with van der Waals surface area (Å²) in [6, 6.07) is 5.12. The molecule has 2 aromatic heterocycles. The summed E-state index contributed by atoms with van der Waals surface area (Å²) in [5, 5.41) is 9.48. The van der Waals surface area contributed by atoms with Crippen LogP contribution in [0.15, 0.2) is 34.0 Å². The number of halogens is 3. The minimum Gasteiger partial charge on any atom is -0.352 e. The summed E-state index contributed by atoms with van der Waals surface area (Å²) in [6.45, 7) is 4.77. The maximum absolute atomic E-state index is 14.4. The number of nitrogens with one attached hydrogen (secondary N) is 3. The molecule has 0 bridgehead atoms. The zero-order chi connectivity index (χ0) is 29.5. The number of rotatable bonds is 7. The van der Waals surface area contributed by atoms with Gasteiger partial charge in [0.1, 0.15) is 5.02 Å². The van der Waals surface area contributed by atoms with Crippen LogP contribution in [0.1, 0.15) is 26.7 Å². The lowest BCUT2D eigenvalue weighted by Gasteiger charge is -2.41. The van der Waals surface area contributed by atoms with Crippen LogP contribution in [-0.2, 0) is 18.4 Å². The number of aromatic nitrogens is 4. The molecule has 4 heterocycles. The molecule has 0 radical (unpaired) electrons. The first-order valence-electron chi connectivity index (χ1n) is 13.6. The first-order valence-corrected chi connectivity index (χ1v) is 14.0. The second-order valence-electron chi connectivity index (χ2n) is 10.9.